The number of hydrogen-bond acceptors (Lipinski definition) is 3. The fourth-order valence-electron chi connectivity index (χ4n) is 2.13. The van der Waals surface area contributed by atoms with Gasteiger partial charge < -0.3 is 8.98 Å². The molecule has 0 aliphatic carbocycles. The van der Waals surface area contributed by atoms with Crippen LogP contribution in [-0.2, 0) is 7.05 Å². The predicted octanol–water partition coefficient (Wildman–Crippen LogP) is 2.10. The number of carbonyl (C=O) groups is 1. The van der Waals surface area contributed by atoms with E-state index in [4.69, 9.17) is 4.42 Å². The monoisotopic (exact) mass is 227 g/mol. The summed E-state index contributed by atoms with van der Waals surface area (Å²) in [4.78, 5) is 22.8. The van der Waals surface area contributed by atoms with Crippen LogP contribution in [-0.4, -0.2) is 10.9 Å². The average Bonchev–Trinajstić information content (AvgIpc) is 2.65. The molecule has 4 nitrogen and oxygen atoms in total. The molecule has 2 heterocycles. The molecule has 4 heteroatoms. The van der Waals surface area contributed by atoms with Gasteiger partial charge in [-0.15, -0.1) is 0 Å². The molecule has 0 atom stereocenters. The highest BCUT2D eigenvalue weighted by molar-refractivity contribution is 6.05. The molecule has 3 rings (SSSR count). The lowest BCUT2D eigenvalue weighted by atomic mass is 10.2. The maximum absolute atomic E-state index is 12.0. The number of benzene rings is 1. The first-order valence-corrected chi connectivity index (χ1v) is 5.18. The molecule has 0 aliphatic heterocycles. The number of aryl methyl sites for hydroxylation is 1. The van der Waals surface area contributed by atoms with Crippen LogP contribution in [0.5, 0.6) is 0 Å². The second kappa shape index (κ2) is 3.31. The van der Waals surface area contributed by atoms with Crippen molar-refractivity contribution >= 4 is 28.3 Å². The van der Waals surface area contributed by atoms with Crippen molar-refractivity contribution in [1.29, 1.82) is 0 Å². The van der Waals surface area contributed by atoms with Crippen LogP contribution >= 0.6 is 0 Å². The van der Waals surface area contributed by atoms with E-state index in [1.807, 2.05) is 24.3 Å². The fourth-order valence-corrected chi connectivity index (χ4v) is 2.13. The fraction of sp³-hybridized carbons (Fsp3) is 0.0769. The van der Waals surface area contributed by atoms with E-state index in [2.05, 4.69) is 0 Å². The largest absolute Gasteiger partial charge is 0.461 e. The molecule has 0 amide bonds. The number of fused-ring (bicyclic) bond motifs is 3. The van der Waals surface area contributed by atoms with E-state index in [1.165, 1.54) is 6.26 Å². The van der Waals surface area contributed by atoms with E-state index in [-0.39, 0.29) is 11.0 Å². The Bertz CT molecular complexity index is 795. The van der Waals surface area contributed by atoms with Crippen LogP contribution in [0.4, 0.5) is 0 Å². The van der Waals surface area contributed by atoms with Crippen LogP contribution in [0.1, 0.15) is 10.4 Å². The Morgan fingerprint density at radius 2 is 2.06 bits per heavy atom. The zero-order chi connectivity index (χ0) is 12.0. The third-order valence-electron chi connectivity index (χ3n) is 2.97. The molecule has 0 unspecified atom stereocenters. The molecule has 0 spiro atoms. The summed E-state index contributed by atoms with van der Waals surface area (Å²) in [6.45, 7) is 0. The van der Waals surface area contributed by atoms with E-state index in [1.54, 1.807) is 11.6 Å². The van der Waals surface area contributed by atoms with Gasteiger partial charge >= 0.3 is 0 Å². The van der Waals surface area contributed by atoms with Gasteiger partial charge in [-0.3, -0.25) is 9.59 Å². The van der Waals surface area contributed by atoms with E-state index in [0.717, 1.165) is 10.9 Å². The molecule has 2 aromatic heterocycles. The standard InChI is InChI=1S/C13H9NO3/c1-14-10-5-3-2-4-9(10)13-11(14)12(16)8(6-15)7-17-13/h2-7H,1H3. The molecular formula is C13H9NO3. The Morgan fingerprint density at radius 1 is 1.29 bits per heavy atom. The Hall–Kier alpha value is -2.36. The van der Waals surface area contributed by atoms with Gasteiger partial charge in [0, 0.05) is 12.4 Å². The van der Waals surface area contributed by atoms with Gasteiger partial charge in [-0.1, -0.05) is 12.1 Å². The van der Waals surface area contributed by atoms with E-state index >= 15 is 0 Å². The topological polar surface area (TPSA) is 52.2 Å². The van der Waals surface area contributed by atoms with Crippen LogP contribution in [0.25, 0.3) is 22.0 Å². The number of rotatable bonds is 1. The molecule has 0 saturated heterocycles. The maximum Gasteiger partial charge on any atom is 0.219 e. The predicted molar refractivity (Wildman–Crippen MR) is 64.3 cm³/mol. The van der Waals surface area contributed by atoms with Crippen molar-refractivity contribution in [1.82, 2.24) is 4.57 Å². The molecular weight excluding hydrogens is 218 g/mol. The van der Waals surface area contributed by atoms with Crippen molar-refractivity contribution < 1.29 is 9.21 Å². The van der Waals surface area contributed by atoms with Crippen LogP contribution < -0.4 is 5.43 Å². The molecule has 0 saturated carbocycles. The Morgan fingerprint density at radius 3 is 2.82 bits per heavy atom. The summed E-state index contributed by atoms with van der Waals surface area (Å²) in [5, 5.41) is 0.875. The van der Waals surface area contributed by atoms with E-state index in [0.29, 0.717) is 17.4 Å². The molecule has 84 valence electrons. The second-order valence-electron chi connectivity index (χ2n) is 3.89. The highest BCUT2D eigenvalue weighted by Crippen LogP contribution is 2.25. The van der Waals surface area contributed by atoms with Gasteiger partial charge in [0.25, 0.3) is 0 Å². The van der Waals surface area contributed by atoms with Gasteiger partial charge in [-0.05, 0) is 12.1 Å². The number of para-hydroxylation sites is 1. The summed E-state index contributed by atoms with van der Waals surface area (Å²) in [7, 11) is 1.79. The Kier molecular flexibility index (Phi) is 1.92. The molecule has 0 bridgehead atoms. The zero-order valence-electron chi connectivity index (χ0n) is 9.14. The number of carbonyl (C=O) groups excluding carboxylic acids is 1. The number of aromatic nitrogens is 1. The third-order valence-corrected chi connectivity index (χ3v) is 2.97. The lowest BCUT2D eigenvalue weighted by Gasteiger charge is -1.95. The molecule has 0 aliphatic rings. The van der Waals surface area contributed by atoms with Crippen molar-refractivity contribution in [2.45, 2.75) is 0 Å². The third kappa shape index (κ3) is 1.18. The molecule has 0 N–H and O–H groups in total. The summed E-state index contributed by atoms with van der Waals surface area (Å²) >= 11 is 0. The zero-order valence-corrected chi connectivity index (χ0v) is 9.14. The van der Waals surface area contributed by atoms with Crippen molar-refractivity contribution in [3.05, 3.63) is 46.3 Å². The van der Waals surface area contributed by atoms with Crippen LogP contribution in [0.3, 0.4) is 0 Å². The Labute approximate surface area is 96.1 Å². The van der Waals surface area contributed by atoms with Gasteiger partial charge in [-0.2, -0.15) is 0 Å². The van der Waals surface area contributed by atoms with E-state index in [9.17, 15) is 9.59 Å². The van der Waals surface area contributed by atoms with Gasteiger partial charge in [0.2, 0.25) is 5.43 Å². The first kappa shape index (κ1) is 9.84. The maximum atomic E-state index is 12.0. The molecule has 3 aromatic rings. The highest BCUT2D eigenvalue weighted by Gasteiger charge is 2.14. The SMILES string of the molecule is Cn1c2ccccc2c2occ(C=O)c(=O)c21. The van der Waals surface area contributed by atoms with Crippen LogP contribution in [0, 0.1) is 0 Å². The molecule has 1 aromatic carbocycles. The summed E-state index contributed by atoms with van der Waals surface area (Å²) < 4.78 is 7.15. The quantitative estimate of drug-likeness (QED) is 0.598. The van der Waals surface area contributed by atoms with Gasteiger partial charge in [0.05, 0.1) is 11.1 Å². The van der Waals surface area contributed by atoms with Crippen LogP contribution in [0.15, 0.2) is 39.7 Å². The first-order chi connectivity index (χ1) is 8.24. The minimum absolute atomic E-state index is 0.0448. The summed E-state index contributed by atoms with van der Waals surface area (Å²) in [6.07, 6.45) is 1.73. The molecule has 0 radical (unpaired) electrons. The number of nitrogens with zero attached hydrogens (tertiary/aromatic N) is 1. The van der Waals surface area contributed by atoms with Crippen molar-refractivity contribution in [2.75, 3.05) is 0 Å². The normalized spacial score (nSPS) is 11.1. The summed E-state index contributed by atoms with van der Waals surface area (Å²) in [6, 6.07) is 7.58. The lowest BCUT2D eigenvalue weighted by Crippen LogP contribution is -2.10. The van der Waals surface area contributed by atoms with Gasteiger partial charge in [0.1, 0.15) is 11.8 Å². The van der Waals surface area contributed by atoms with Crippen LogP contribution in [0.2, 0.25) is 0 Å². The van der Waals surface area contributed by atoms with Crippen molar-refractivity contribution in [3.63, 3.8) is 0 Å². The molecule has 17 heavy (non-hydrogen) atoms. The lowest BCUT2D eigenvalue weighted by molar-refractivity contribution is 0.112. The summed E-state index contributed by atoms with van der Waals surface area (Å²) in [5.74, 6) is 0. The van der Waals surface area contributed by atoms with Crippen molar-refractivity contribution in [3.8, 4) is 0 Å². The second-order valence-corrected chi connectivity index (χ2v) is 3.89. The smallest absolute Gasteiger partial charge is 0.219 e. The molecule has 0 fully saturated rings. The highest BCUT2D eigenvalue weighted by atomic mass is 16.3. The average molecular weight is 227 g/mol. The minimum Gasteiger partial charge on any atom is -0.461 e. The van der Waals surface area contributed by atoms with Gasteiger partial charge in [-0.25, -0.2) is 0 Å². The van der Waals surface area contributed by atoms with Gasteiger partial charge in [0.15, 0.2) is 11.9 Å². The number of aldehydes is 1. The van der Waals surface area contributed by atoms with Crippen molar-refractivity contribution in [2.24, 2.45) is 7.05 Å². The number of hydrogen-bond donors (Lipinski definition) is 0. The summed E-state index contributed by atoms with van der Waals surface area (Å²) in [5.41, 5.74) is 1.62. The Balaban J connectivity index is 2.67. The van der Waals surface area contributed by atoms with E-state index < -0.39 is 0 Å². The first-order valence-electron chi connectivity index (χ1n) is 5.18. The minimum atomic E-state index is -0.292.